The molecule has 4 rings (SSSR count). The Balaban J connectivity index is 1.74. The zero-order valence-electron chi connectivity index (χ0n) is 15.3. The predicted molar refractivity (Wildman–Crippen MR) is 107 cm³/mol. The molecular weight excluding hydrogens is 362 g/mol. The van der Waals surface area contributed by atoms with Gasteiger partial charge in [-0.15, -0.1) is 0 Å². The van der Waals surface area contributed by atoms with Crippen LogP contribution in [0.4, 0.5) is 5.69 Å². The first kappa shape index (κ1) is 17.6. The van der Waals surface area contributed by atoms with Gasteiger partial charge in [0.2, 0.25) is 5.91 Å². The number of aryl methyl sites for hydroxylation is 1. The summed E-state index contributed by atoms with van der Waals surface area (Å²) in [5.74, 6) is 0.715. The Hall–Kier alpha value is -2.80. The average Bonchev–Trinajstić information content (AvgIpc) is 2.62. The SMILES string of the molecule is COc1ccc2c(c1)[C@@H]1NC(=S)N[C@@](C)(O2)[C@H]1C(=O)Nc1ccccc1C. The van der Waals surface area contributed by atoms with Crippen molar-refractivity contribution < 1.29 is 14.3 Å². The van der Waals surface area contributed by atoms with E-state index in [1.807, 2.05) is 56.3 Å². The van der Waals surface area contributed by atoms with Crippen molar-refractivity contribution in [3.05, 3.63) is 53.6 Å². The van der Waals surface area contributed by atoms with E-state index < -0.39 is 11.6 Å². The van der Waals surface area contributed by atoms with Crippen molar-refractivity contribution in [3.8, 4) is 11.5 Å². The topological polar surface area (TPSA) is 71.6 Å². The number of rotatable bonds is 3. The van der Waals surface area contributed by atoms with Crippen LogP contribution < -0.4 is 25.4 Å². The molecule has 6 nitrogen and oxygen atoms in total. The molecule has 140 valence electrons. The van der Waals surface area contributed by atoms with Crippen molar-refractivity contribution >= 4 is 28.9 Å². The molecule has 0 saturated carbocycles. The van der Waals surface area contributed by atoms with E-state index in [9.17, 15) is 4.79 Å². The summed E-state index contributed by atoms with van der Waals surface area (Å²) in [6, 6.07) is 12.9. The highest BCUT2D eigenvalue weighted by Gasteiger charge is 2.54. The van der Waals surface area contributed by atoms with Gasteiger partial charge in [-0.3, -0.25) is 4.79 Å². The van der Waals surface area contributed by atoms with Crippen LogP contribution >= 0.6 is 12.2 Å². The number of carbonyl (C=O) groups is 1. The fourth-order valence-electron chi connectivity index (χ4n) is 3.77. The molecular formula is C20H21N3O3S. The number of anilines is 1. The fraction of sp³-hybridized carbons (Fsp3) is 0.300. The quantitative estimate of drug-likeness (QED) is 0.708. The minimum absolute atomic E-state index is 0.146. The number of hydrogen-bond acceptors (Lipinski definition) is 4. The smallest absolute Gasteiger partial charge is 0.236 e. The van der Waals surface area contributed by atoms with Gasteiger partial charge in [-0.1, -0.05) is 18.2 Å². The first-order valence-electron chi connectivity index (χ1n) is 8.73. The van der Waals surface area contributed by atoms with Gasteiger partial charge in [0.15, 0.2) is 10.8 Å². The number of hydrogen-bond donors (Lipinski definition) is 3. The van der Waals surface area contributed by atoms with Gasteiger partial charge in [0.25, 0.3) is 0 Å². The van der Waals surface area contributed by atoms with Crippen LogP contribution in [0.3, 0.4) is 0 Å². The van der Waals surface area contributed by atoms with E-state index in [-0.39, 0.29) is 11.9 Å². The zero-order chi connectivity index (χ0) is 19.2. The summed E-state index contributed by atoms with van der Waals surface area (Å²) in [5.41, 5.74) is 1.67. The Kier molecular flexibility index (Phi) is 4.19. The van der Waals surface area contributed by atoms with Crippen molar-refractivity contribution in [2.24, 2.45) is 5.92 Å². The van der Waals surface area contributed by atoms with Crippen LogP contribution in [0.5, 0.6) is 11.5 Å². The van der Waals surface area contributed by atoms with Gasteiger partial charge in [-0.2, -0.15) is 0 Å². The third-order valence-electron chi connectivity index (χ3n) is 5.13. The lowest BCUT2D eigenvalue weighted by Crippen LogP contribution is -2.70. The number of nitrogens with one attached hydrogen (secondary N) is 3. The van der Waals surface area contributed by atoms with Gasteiger partial charge >= 0.3 is 0 Å². The largest absolute Gasteiger partial charge is 0.497 e. The fourth-order valence-corrected chi connectivity index (χ4v) is 4.10. The van der Waals surface area contributed by atoms with Gasteiger partial charge in [-0.25, -0.2) is 0 Å². The first-order chi connectivity index (χ1) is 12.9. The average molecular weight is 383 g/mol. The zero-order valence-corrected chi connectivity index (χ0v) is 16.1. The van der Waals surface area contributed by atoms with Gasteiger partial charge in [0, 0.05) is 11.3 Å². The highest BCUT2D eigenvalue weighted by molar-refractivity contribution is 7.80. The van der Waals surface area contributed by atoms with Gasteiger partial charge in [-0.05, 0) is 55.9 Å². The second-order valence-electron chi connectivity index (χ2n) is 6.97. The summed E-state index contributed by atoms with van der Waals surface area (Å²) in [5, 5.41) is 9.86. The lowest BCUT2D eigenvalue weighted by Gasteiger charge is -2.50. The van der Waals surface area contributed by atoms with Crippen LogP contribution in [-0.4, -0.2) is 23.9 Å². The summed E-state index contributed by atoms with van der Waals surface area (Å²) in [4.78, 5) is 13.3. The number of methoxy groups -OCH3 is 1. The van der Waals surface area contributed by atoms with Crippen molar-refractivity contribution in [2.45, 2.75) is 25.6 Å². The molecule has 3 N–H and O–H groups in total. The van der Waals surface area contributed by atoms with E-state index in [0.29, 0.717) is 16.6 Å². The molecule has 27 heavy (non-hydrogen) atoms. The summed E-state index contributed by atoms with van der Waals surface area (Å²) < 4.78 is 11.6. The number of carbonyl (C=O) groups excluding carboxylic acids is 1. The molecule has 2 aliphatic heterocycles. The van der Waals surface area contributed by atoms with Crippen molar-refractivity contribution in [1.82, 2.24) is 10.6 Å². The molecule has 2 aromatic carbocycles. The van der Waals surface area contributed by atoms with E-state index in [4.69, 9.17) is 21.7 Å². The van der Waals surface area contributed by atoms with Crippen LogP contribution in [0, 0.1) is 12.8 Å². The molecule has 1 fully saturated rings. The number of ether oxygens (including phenoxy) is 2. The Morgan fingerprint density at radius 1 is 1.30 bits per heavy atom. The standard InChI is InChI=1S/C20H21N3O3S/c1-11-6-4-5-7-14(11)21-18(24)16-17-13-10-12(25-3)8-9-15(13)26-20(16,2)23-19(27)22-17/h4-10,16-17H,1-3H3,(H,21,24)(H2,22,23,27)/t16-,17+,20+/m1/s1. The molecule has 0 spiro atoms. The van der Waals surface area contributed by atoms with Crippen LogP contribution in [0.15, 0.2) is 42.5 Å². The highest BCUT2D eigenvalue weighted by Crippen LogP contribution is 2.46. The Labute approximate surface area is 163 Å². The number of amides is 1. The number of benzene rings is 2. The van der Waals surface area contributed by atoms with E-state index in [1.165, 1.54) is 0 Å². The second kappa shape index (κ2) is 6.42. The molecule has 2 aliphatic rings. The molecule has 2 aromatic rings. The summed E-state index contributed by atoms with van der Waals surface area (Å²) >= 11 is 5.35. The van der Waals surface area contributed by atoms with Crippen molar-refractivity contribution in [2.75, 3.05) is 12.4 Å². The Bertz CT molecular complexity index is 932. The monoisotopic (exact) mass is 383 g/mol. The lowest BCUT2D eigenvalue weighted by atomic mass is 9.79. The van der Waals surface area contributed by atoms with Gasteiger partial charge in [0.05, 0.1) is 13.2 Å². The van der Waals surface area contributed by atoms with Crippen LogP contribution in [0.2, 0.25) is 0 Å². The van der Waals surface area contributed by atoms with Crippen LogP contribution in [0.25, 0.3) is 0 Å². The van der Waals surface area contributed by atoms with Crippen LogP contribution in [0.1, 0.15) is 24.1 Å². The van der Waals surface area contributed by atoms with E-state index in [0.717, 1.165) is 16.8 Å². The predicted octanol–water partition coefficient (Wildman–Crippen LogP) is 2.89. The third kappa shape index (κ3) is 2.98. The Morgan fingerprint density at radius 2 is 2.07 bits per heavy atom. The van der Waals surface area contributed by atoms with E-state index in [2.05, 4.69) is 16.0 Å². The minimum Gasteiger partial charge on any atom is -0.497 e. The van der Waals surface area contributed by atoms with E-state index >= 15 is 0 Å². The van der Waals surface area contributed by atoms with E-state index in [1.54, 1.807) is 7.11 Å². The molecule has 0 radical (unpaired) electrons. The number of para-hydroxylation sites is 1. The third-order valence-corrected chi connectivity index (χ3v) is 5.35. The summed E-state index contributed by atoms with van der Waals surface area (Å²) in [6.07, 6.45) is 0. The highest BCUT2D eigenvalue weighted by atomic mass is 32.1. The van der Waals surface area contributed by atoms with Gasteiger partial charge in [0.1, 0.15) is 17.4 Å². The molecule has 0 aromatic heterocycles. The molecule has 0 aliphatic carbocycles. The normalized spacial score (nSPS) is 25.4. The second-order valence-corrected chi connectivity index (χ2v) is 7.38. The lowest BCUT2D eigenvalue weighted by molar-refractivity contribution is -0.132. The maximum absolute atomic E-state index is 13.3. The first-order valence-corrected chi connectivity index (χ1v) is 9.14. The maximum Gasteiger partial charge on any atom is 0.236 e. The molecule has 7 heteroatoms. The summed E-state index contributed by atoms with van der Waals surface area (Å²) in [7, 11) is 1.61. The van der Waals surface area contributed by atoms with Crippen molar-refractivity contribution in [1.29, 1.82) is 0 Å². The van der Waals surface area contributed by atoms with Crippen LogP contribution in [-0.2, 0) is 4.79 Å². The Morgan fingerprint density at radius 3 is 2.81 bits per heavy atom. The summed E-state index contributed by atoms with van der Waals surface area (Å²) in [6.45, 7) is 3.81. The molecule has 0 unspecified atom stereocenters. The molecule has 1 amide bonds. The number of thiocarbonyl (C=S) groups is 1. The van der Waals surface area contributed by atoms with Crippen molar-refractivity contribution in [3.63, 3.8) is 0 Å². The molecule has 2 heterocycles. The molecule has 3 atom stereocenters. The number of fused-ring (bicyclic) bond motifs is 4. The molecule has 2 bridgehead atoms. The van der Waals surface area contributed by atoms with Gasteiger partial charge < -0.3 is 25.4 Å². The minimum atomic E-state index is -0.957. The maximum atomic E-state index is 13.3. The molecule has 1 saturated heterocycles.